The Labute approximate surface area is 166 Å². The summed E-state index contributed by atoms with van der Waals surface area (Å²) in [6.45, 7) is 1.88. The van der Waals surface area contributed by atoms with Gasteiger partial charge in [0.25, 0.3) is 0 Å². The Morgan fingerprint density at radius 1 is 1.19 bits per heavy atom. The van der Waals surface area contributed by atoms with Crippen molar-refractivity contribution < 1.29 is 18.0 Å². The van der Waals surface area contributed by atoms with Crippen LogP contribution in [0.4, 0.5) is 11.4 Å². The van der Waals surface area contributed by atoms with E-state index in [-0.39, 0.29) is 28.9 Å². The van der Waals surface area contributed by atoms with Crippen LogP contribution >= 0.6 is 15.9 Å². The van der Waals surface area contributed by atoms with Crippen LogP contribution in [0.5, 0.6) is 0 Å². The highest BCUT2D eigenvalue weighted by Crippen LogP contribution is 2.31. The van der Waals surface area contributed by atoms with Crippen LogP contribution in [-0.2, 0) is 19.4 Å². The first-order valence-electron chi connectivity index (χ1n) is 8.50. The van der Waals surface area contributed by atoms with E-state index in [4.69, 9.17) is 0 Å². The average Bonchev–Trinajstić information content (AvgIpc) is 3.04. The molecule has 1 heterocycles. The Bertz CT molecular complexity index is 973. The van der Waals surface area contributed by atoms with Gasteiger partial charge in [0.05, 0.1) is 22.3 Å². The summed E-state index contributed by atoms with van der Waals surface area (Å²) in [6, 6.07) is 13.4. The third kappa shape index (κ3) is 4.22. The van der Waals surface area contributed by atoms with Crippen LogP contribution in [0.25, 0.3) is 0 Å². The second kappa shape index (κ2) is 7.82. The summed E-state index contributed by atoms with van der Waals surface area (Å²) in [4.78, 5) is 26.7. The van der Waals surface area contributed by atoms with E-state index in [1.54, 1.807) is 24.0 Å². The average molecular weight is 451 g/mol. The van der Waals surface area contributed by atoms with E-state index in [1.807, 2.05) is 24.3 Å². The molecule has 1 atom stereocenters. The first kappa shape index (κ1) is 19.6. The molecule has 1 fully saturated rings. The van der Waals surface area contributed by atoms with Gasteiger partial charge in [0, 0.05) is 23.1 Å². The van der Waals surface area contributed by atoms with E-state index in [2.05, 4.69) is 21.2 Å². The molecule has 2 aromatic carbocycles. The van der Waals surface area contributed by atoms with E-state index >= 15 is 0 Å². The number of amides is 2. The van der Waals surface area contributed by atoms with Crippen LogP contribution in [0, 0.1) is 5.92 Å². The molecule has 1 saturated heterocycles. The first-order valence-corrected chi connectivity index (χ1v) is 10.9. The van der Waals surface area contributed by atoms with Crippen LogP contribution in [0.2, 0.25) is 0 Å². The molecule has 0 bridgehead atoms. The molecule has 6 nitrogen and oxygen atoms in total. The van der Waals surface area contributed by atoms with Crippen molar-refractivity contribution in [2.24, 2.45) is 5.92 Å². The maximum absolute atomic E-state index is 12.5. The Morgan fingerprint density at radius 2 is 1.85 bits per heavy atom. The SMILES string of the molecule is CCS(=O)(=O)c1ccc(NC(=O)C2CC(=O)N(c3ccccc3Br)C2)cc1. The first-order chi connectivity index (χ1) is 12.8. The summed E-state index contributed by atoms with van der Waals surface area (Å²) in [5.74, 6) is -0.813. The number of sulfone groups is 1. The summed E-state index contributed by atoms with van der Waals surface area (Å²) in [6.07, 6.45) is 0.134. The Balaban J connectivity index is 1.69. The molecule has 1 aliphatic rings. The van der Waals surface area contributed by atoms with Gasteiger partial charge in [-0.1, -0.05) is 19.1 Å². The minimum absolute atomic E-state index is 0.0216. The quantitative estimate of drug-likeness (QED) is 0.757. The minimum atomic E-state index is -3.28. The molecule has 1 N–H and O–H groups in total. The number of hydrogen-bond donors (Lipinski definition) is 1. The van der Waals surface area contributed by atoms with Crippen LogP contribution in [-0.4, -0.2) is 32.5 Å². The van der Waals surface area contributed by atoms with Gasteiger partial charge in [-0.25, -0.2) is 8.42 Å². The van der Waals surface area contributed by atoms with Gasteiger partial charge >= 0.3 is 0 Å². The fraction of sp³-hybridized carbons (Fsp3) is 0.263. The Hall–Kier alpha value is -2.19. The van der Waals surface area contributed by atoms with Gasteiger partial charge in [0.15, 0.2) is 9.84 Å². The van der Waals surface area contributed by atoms with Crippen molar-refractivity contribution in [3.05, 3.63) is 53.0 Å². The highest BCUT2D eigenvalue weighted by atomic mass is 79.9. The molecule has 0 aliphatic carbocycles. The molecule has 2 amide bonds. The molecule has 142 valence electrons. The van der Waals surface area contributed by atoms with Gasteiger partial charge in [-0.05, 0) is 52.3 Å². The molecule has 0 radical (unpaired) electrons. The normalized spacial score (nSPS) is 17.2. The molecule has 3 rings (SSSR count). The van der Waals surface area contributed by atoms with Crippen LogP contribution in [0.1, 0.15) is 13.3 Å². The Morgan fingerprint density at radius 3 is 2.48 bits per heavy atom. The zero-order chi connectivity index (χ0) is 19.6. The zero-order valence-electron chi connectivity index (χ0n) is 14.7. The van der Waals surface area contributed by atoms with E-state index in [1.165, 1.54) is 12.1 Å². The second-order valence-corrected chi connectivity index (χ2v) is 9.41. The highest BCUT2D eigenvalue weighted by molar-refractivity contribution is 9.10. The molecule has 27 heavy (non-hydrogen) atoms. The monoisotopic (exact) mass is 450 g/mol. The summed E-state index contributed by atoms with van der Waals surface area (Å²) in [5.41, 5.74) is 1.24. The third-order valence-electron chi connectivity index (χ3n) is 4.50. The Kier molecular flexibility index (Phi) is 5.67. The molecule has 2 aromatic rings. The largest absolute Gasteiger partial charge is 0.326 e. The molecule has 0 spiro atoms. The van der Waals surface area contributed by atoms with Crippen molar-refractivity contribution >= 4 is 49.0 Å². The fourth-order valence-electron chi connectivity index (χ4n) is 2.94. The summed E-state index contributed by atoms with van der Waals surface area (Å²) in [7, 11) is -3.28. The lowest BCUT2D eigenvalue weighted by Crippen LogP contribution is -2.28. The topological polar surface area (TPSA) is 83.5 Å². The number of halogens is 1. The highest BCUT2D eigenvalue weighted by Gasteiger charge is 2.35. The fourth-order valence-corrected chi connectivity index (χ4v) is 4.33. The number of benzene rings is 2. The van der Waals surface area contributed by atoms with E-state index in [0.29, 0.717) is 12.2 Å². The van der Waals surface area contributed by atoms with Gasteiger partial charge in [0.2, 0.25) is 11.8 Å². The predicted octanol–water partition coefficient (Wildman–Crippen LogP) is 3.23. The maximum Gasteiger partial charge on any atom is 0.229 e. The lowest BCUT2D eigenvalue weighted by Gasteiger charge is -2.18. The lowest BCUT2D eigenvalue weighted by atomic mass is 10.1. The van der Waals surface area contributed by atoms with E-state index in [0.717, 1.165) is 10.2 Å². The van der Waals surface area contributed by atoms with Crippen molar-refractivity contribution in [2.45, 2.75) is 18.2 Å². The standard InChI is InChI=1S/C19H19BrN2O4S/c1-2-27(25,26)15-9-7-14(8-10-15)21-19(24)13-11-18(23)22(12-13)17-6-4-3-5-16(17)20/h3-10,13H,2,11-12H2,1H3,(H,21,24). The van der Waals surface area contributed by atoms with Crippen molar-refractivity contribution in [1.29, 1.82) is 0 Å². The summed E-state index contributed by atoms with van der Waals surface area (Å²) >= 11 is 3.43. The molecule has 0 saturated carbocycles. The summed E-state index contributed by atoms with van der Waals surface area (Å²) in [5, 5.41) is 2.76. The van der Waals surface area contributed by atoms with Crippen LogP contribution in [0.3, 0.4) is 0 Å². The third-order valence-corrected chi connectivity index (χ3v) is 6.92. The molecule has 0 aromatic heterocycles. The van der Waals surface area contributed by atoms with Gasteiger partial charge in [-0.2, -0.15) is 0 Å². The number of rotatable bonds is 5. The van der Waals surface area contributed by atoms with Gasteiger partial charge in [-0.15, -0.1) is 0 Å². The van der Waals surface area contributed by atoms with Gasteiger partial charge in [0.1, 0.15) is 0 Å². The smallest absolute Gasteiger partial charge is 0.229 e. The number of carbonyl (C=O) groups excluding carboxylic acids is 2. The number of carbonyl (C=O) groups is 2. The second-order valence-electron chi connectivity index (χ2n) is 6.27. The summed E-state index contributed by atoms with van der Waals surface area (Å²) < 4.78 is 24.5. The number of hydrogen-bond acceptors (Lipinski definition) is 4. The predicted molar refractivity (Wildman–Crippen MR) is 107 cm³/mol. The molecule has 1 aliphatic heterocycles. The van der Waals surface area contributed by atoms with Crippen molar-refractivity contribution in [3.8, 4) is 0 Å². The molecule has 1 unspecified atom stereocenters. The molecule has 8 heteroatoms. The van der Waals surface area contributed by atoms with Gasteiger partial charge < -0.3 is 10.2 Å². The number of nitrogens with one attached hydrogen (secondary N) is 1. The number of anilines is 2. The molecular weight excluding hydrogens is 432 g/mol. The van der Waals surface area contributed by atoms with Crippen LogP contribution in [0.15, 0.2) is 57.9 Å². The van der Waals surface area contributed by atoms with Crippen molar-refractivity contribution in [3.63, 3.8) is 0 Å². The van der Waals surface area contributed by atoms with Gasteiger partial charge in [-0.3, -0.25) is 9.59 Å². The number of nitrogens with zero attached hydrogens (tertiary/aromatic N) is 1. The van der Waals surface area contributed by atoms with Crippen molar-refractivity contribution in [2.75, 3.05) is 22.5 Å². The molecular formula is C19H19BrN2O4S. The van der Waals surface area contributed by atoms with Crippen LogP contribution < -0.4 is 10.2 Å². The maximum atomic E-state index is 12.5. The van der Waals surface area contributed by atoms with E-state index in [9.17, 15) is 18.0 Å². The lowest BCUT2D eigenvalue weighted by molar-refractivity contribution is -0.122. The minimum Gasteiger partial charge on any atom is -0.326 e. The number of para-hydroxylation sites is 1. The zero-order valence-corrected chi connectivity index (χ0v) is 17.1. The van der Waals surface area contributed by atoms with Crippen molar-refractivity contribution in [1.82, 2.24) is 0 Å². The van der Waals surface area contributed by atoms with E-state index < -0.39 is 15.8 Å².